The van der Waals surface area contributed by atoms with Gasteiger partial charge in [-0.1, -0.05) is 66.5 Å². The monoisotopic (exact) mass is 240 g/mol. The first kappa shape index (κ1) is 10.8. The van der Waals surface area contributed by atoms with Crippen LogP contribution in [0.5, 0.6) is 0 Å². The van der Waals surface area contributed by atoms with Crippen LogP contribution in [0, 0.1) is 0 Å². The van der Waals surface area contributed by atoms with E-state index in [4.69, 9.17) is 0 Å². The fourth-order valence-electron chi connectivity index (χ4n) is 1.68. The van der Waals surface area contributed by atoms with Crippen molar-refractivity contribution in [3.8, 4) is 0 Å². The van der Waals surface area contributed by atoms with Gasteiger partial charge in [-0.15, -0.1) is 0 Å². The van der Waals surface area contributed by atoms with Gasteiger partial charge in [-0.25, -0.2) is 0 Å². The molecule has 0 spiro atoms. The van der Waals surface area contributed by atoms with Gasteiger partial charge in [0, 0.05) is 10.7 Å². The van der Waals surface area contributed by atoms with Crippen LogP contribution in [0.15, 0.2) is 30.3 Å². The van der Waals surface area contributed by atoms with Crippen LogP contribution in [0.4, 0.5) is 0 Å². The quantitative estimate of drug-likeness (QED) is 0.695. The van der Waals surface area contributed by atoms with Crippen LogP contribution >= 0.6 is 15.9 Å². The number of alkyl halides is 1. The highest BCUT2D eigenvalue weighted by atomic mass is 79.9. The fraction of sp³-hybridized carbons (Fsp3) is 0.500. The third-order valence-electron chi connectivity index (χ3n) is 2.57. The molecule has 0 radical (unpaired) electrons. The molecule has 1 heteroatoms. The van der Waals surface area contributed by atoms with Crippen molar-refractivity contribution in [3.63, 3.8) is 0 Å². The van der Waals surface area contributed by atoms with E-state index >= 15 is 0 Å². The standard InChI is InChI=1S/C12H17Br/c1-3-9-12(2,10-13)11-7-5-4-6-8-11/h4-8H,3,9-10H2,1-2H3. The summed E-state index contributed by atoms with van der Waals surface area (Å²) in [4.78, 5) is 0. The lowest BCUT2D eigenvalue weighted by atomic mass is 9.81. The van der Waals surface area contributed by atoms with Gasteiger partial charge in [0.25, 0.3) is 0 Å². The molecule has 0 nitrogen and oxygen atoms in total. The Bertz CT molecular complexity index is 243. The lowest BCUT2D eigenvalue weighted by Crippen LogP contribution is -2.23. The molecule has 0 aliphatic carbocycles. The largest absolute Gasteiger partial charge is 0.0919 e. The van der Waals surface area contributed by atoms with E-state index in [1.54, 1.807) is 0 Å². The highest BCUT2D eigenvalue weighted by Gasteiger charge is 2.23. The number of hydrogen-bond acceptors (Lipinski definition) is 0. The molecule has 0 amide bonds. The van der Waals surface area contributed by atoms with Crippen molar-refractivity contribution in [3.05, 3.63) is 35.9 Å². The van der Waals surface area contributed by atoms with E-state index < -0.39 is 0 Å². The Morgan fingerprint density at radius 1 is 1.23 bits per heavy atom. The predicted octanol–water partition coefficient (Wildman–Crippen LogP) is 4.14. The minimum absolute atomic E-state index is 0.302. The molecule has 13 heavy (non-hydrogen) atoms. The molecule has 0 aromatic heterocycles. The topological polar surface area (TPSA) is 0 Å². The summed E-state index contributed by atoms with van der Waals surface area (Å²) in [6.07, 6.45) is 2.47. The predicted molar refractivity (Wildman–Crippen MR) is 62.5 cm³/mol. The number of rotatable bonds is 4. The number of halogens is 1. The highest BCUT2D eigenvalue weighted by Crippen LogP contribution is 2.30. The van der Waals surface area contributed by atoms with Gasteiger partial charge < -0.3 is 0 Å². The van der Waals surface area contributed by atoms with E-state index in [0.717, 1.165) is 5.33 Å². The minimum Gasteiger partial charge on any atom is -0.0919 e. The molecule has 1 atom stereocenters. The second kappa shape index (κ2) is 4.80. The fourth-order valence-corrected chi connectivity index (χ4v) is 2.28. The van der Waals surface area contributed by atoms with E-state index in [0.29, 0.717) is 5.41 Å². The maximum atomic E-state index is 3.61. The summed E-state index contributed by atoms with van der Waals surface area (Å²) >= 11 is 3.61. The Morgan fingerprint density at radius 3 is 2.31 bits per heavy atom. The zero-order valence-corrected chi connectivity index (χ0v) is 9.97. The maximum Gasteiger partial charge on any atom is 0.0126 e. The minimum atomic E-state index is 0.302. The van der Waals surface area contributed by atoms with Crippen molar-refractivity contribution in [2.24, 2.45) is 0 Å². The zero-order valence-electron chi connectivity index (χ0n) is 8.39. The van der Waals surface area contributed by atoms with Gasteiger partial charge in [-0.3, -0.25) is 0 Å². The summed E-state index contributed by atoms with van der Waals surface area (Å²) in [5, 5.41) is 1.04. The van der Waals surface area contributed by atoms with E-state index in [1.165, 1.54) is 18.4 Å². The molecular weight excluding hydrogens is 224 g/mol. The molecule has 0 aliphatic heterocycles. The molecule has 0 N–H and O–H groups in total. The van der Waals surface area contributed by atoms with Gasteiger partial charge in [-0.05, 0) is 12.0 Å². The Kier molecular flexibility index (Phi) is 3.98. The van der Waals surface area contributed by atoms with E-state index in [-0.39, 0.29) is 0 Å². The normalized spacial score (nSPS) is 15.3. The van der Waals surface area contributed by atoms with Crippen LogP contribution in [0.2, 0.25) is 0 Å². The van der Waals surface area contributed by atoms with Crippen LogP contribution in [0.3, 0.4) is 0 Å². The summed E-state index contributed by atoms with van der Waals surface area (Å²) in [7, 11) is 0. The van der Waals surface area contributed by atoms with Gasteiger partial charge in [0.1, 0.15) is 0 Å². The lowest BCUT2D eigenvalue weighted by molar-refractivity contribution is 0.485. The number of benzene rings is 1. The summed E-state index contributed by atoms with van der Waals surface area (Å²) in [5.74, 6) is 0. The second-order valence-electron chi connectivity index (χ2n) is 3.81. The van der Waals surface area contributed by atoms with Crippen LogP contribution in [0.25, 0.3) is 0 Å². The summed E-state index contributed by atoms with van der Waals surface area (Å²) in [5.41, 5.74) is 1.74. The van der Waals surface area contributed by atoms with Crippen molar-refractivity contribution in [2.75, 3.05) is 5.33 Å². The van der Waals surface area contributed by atoms with Crippen molar-refractivity contribution in [1.29, 1.82) is 0 Å². The van der Waals surface area contributed by atoms with Crippen molar-refractivity contribution < 1.29 is 0 Å². The molecule has 0 saturated heterocycles. The highest BCUT2D eigenvalue weighted by molar-refractivity contribution is 9.09. The number of hydrogen-bond donors (Lipinski definition) is 0. The lowest BCUT2D eigenvalue weighted by Gasteiger charge is -2.27. The SMILES string of the molecule is CCCC(C)(CBr)c1ccccc1. The average Bonchev–Trinajstić information content (AvgIpc) is 2.19. The molecule has 1 rings (SSSR count). The van der Waals surface area contributed by atoms with Crippen molar-refractivity contribution in [2.45, 2.75) is 32.1 Å². The average molecular weight is 241 g/mol. The zero-order chi connectivity index (χ0) is 9.73. The summed E-state index contributed by atoms with van der Waals surface area (Å²) in [6, 6.07) is 10.7. The molecule has 1 unspecified atom stereocenters. The van der Waals surface area contributed by atoms with Crippen LogP contribution in [-0.4, -0.2) is 5.33 Å². The second-order valence-corrected chi connectivity index (χ2v) is 4.37. The Labute approximate surface area is 89.5 Å². The maximum absolute atomic E-state index is 3.61. The van der Waals surface area contributed by atoms with E-state index in [9.17, 15) is 0 Å². The summed E-state index contributed by atoms with van der Waals surface area (Å²) < 4.78 is 0. The molecule has 0 bridgehead atoms. The molecule has 1 aromatic carbocycles. The van der Waals surface area contributed by atoms with Gasteiger partial charge in [-0.2, -0.15) is 0 Å². The van der Waals surface area contributed by atoms with Crippen LogP contribution in [-0.2, 0) is 5.41 Å². The van der Waals surface area contributed by atoms with Crippen molar-refractivity contribution in [1.82, 2.24) is 0 Å². The first-order chi connectivity index (χ1) is 6.23. The van der Waals surface area contributed by atoms with Crippen LogP contribution in [0.1, 0.15) is 32.3 Å². The van der Waals surface area contributed by atoms with Gasteiger partial charge >= 0.3 is 0 Å². The van der Waals surface area contributed by atoms with Gasteiger partial charge in [0.15, 0.2) is 0 Å². The first-order valence-corrected chi connectivity index (χ1v) is 5.96. The Balaban J connectivity index is 2.89. The van der Waals surface area contributed by atoms with E-state index in [1.807, 2.05) is 0 Å². The molecule has 72 valence electrons. The molecule has 1 aromatic rings. The van der Waals surface area contributed by atoms with Crippen molar-refractivity contribution >= 4 is 15.9 Å². The third-order valence-corrected chi connectivity index (χ3v) is 3.81. The molecule has 0 aliphatic rings. The smallest absolute Gasteiger partial charge is 0.0126 e. The first-order valence-electron chi connectivity index (χ1n) is 4.84. The Morgan fingerprint density at radius 2 is 1.85 bits per heavy atom. The Hall–Kier alpha value is -0.300. The molecule has 0 saturated carbocycles. The third kappa shape index (κ3) is 2.57. The molecule has 0 heterocycles. The summed E-state index contributed by atoms with van der Waals surface area (Å²) in [6.45, 7) is 4.56. The van der Waals surface area contributed by atoms with Crippen LogP contribution < -0.4 is 0 Å². The molecular formula is C12H17Br. The molecule has 0 fully saturated rings. The van der Waals surface area contributed by atoms with E-state index in [2.05, 4.69) is 60.1 Å². The van der Waals surface area contributed by atoms with Gasteiger partial charge in [0.05, 0.1) is 0 Å². The van der Waals surface area contributed by atoms with Gasteiger partial charge in [0.2, 0.25) is 0 Å².